The zero-order chi connectivity index (χ0) is 20.5. The van der Waals surface area contributed by atoms with Gasteiger partial charge in [-0.3, -0.25) is 4.79 Å². The number of ether oxygens (including phenoxy) is 2. The summed E-state index contributed by atoms with van der Waals surface area (Å²) in [6.45, 7) is 10.4. The molecule has 2 fully saturated rings. The number of halogens is 1. The standard InChI is InChI=1S/C19H29ClN4O4/c1-13-12-27-10-9-23(13)16-17(25)24(11-15(20)21-16)14-5-7-22(8-6-14)18(26)28-19(2,3)4/h11,13-14H,5-10,12H2,1-4H3/t13-/m1/s1. The first-order valence-electron chi connectivity index (χ1n) is 9.76. The van der Waals surface area contributed by atoms with E-state index in [2.05, 4.69) is 4.98 Å². The third kappa shape index (κ3) is 4.78. The van der Waals surface area contributed by atoms with Crippen molar-refractivity contribution in [1.29, 1.82) is 0 Å². The van der Waals surface area contributed by atoms with Crippen LogP contribution in [0.4, 0.5) is 10.6 Å². The van der Waals surface area contributed by atoms with E-state index in [1.807, 2.05) is 32.6 Å². The second-order valence-electron chi connectivity index (χ2n) is 8.42. The molecule has 156 valence electrons. The number of carbonyl (C=O) groups excluding carboxylic acids is 1. The smallest absolute Gasteiger partial charge is 0.410 e. The number of nitrogens with zero attached hydrogens (tertiary/aromatic N) is 4. The van der Waals surface area contributed by atoms with Gasteiger partial charge in [0, 0.05) is 31.9 Å². The summed E-state index contributed by atoms with van der Waals surface area (Å²) in [6, 6.07) is 0.0386. The van der Waals surface area contributed by atoms with Crippen molar-refractivity contribution in [3.05, 3.63) is 21.7 Å². The number of hydrogen-bond acceptors (Lipinski definition) is 6. The fourth-order valence-corrected chi connectivity index (χ4v) is 3.81. The minimum absolute atomic E-state index is 0.0261. The van der Waals surface area contributed by atoms with Crippen LogP contribution in [-0.2, 0) is 9.47 Å². The van der Waals surface area contributed by atoms with Crippen LogP contribution in [0.3, 0.4) is 0 Å². The summed E-state index contributed by atoms with van der Waals surface area (Å²) >= 11 is 6.25. The third-order valence-electron chi connectivity index (χ3n) is 5.03. The van der Waals surface area contributed by atoms with Gasteiger partial charge in [-0.05, 0) is 40.5 Å². The summed E-state index contributed by atoms with van der Waals surface area (Å²) < 4.78 is 12.6. The zero-order valence-electron chi connectivity index (χ0n) is 17.0. The average molecular weight is 413 g/mol. The van der Waals surface area contributed by atoms with Gasteiger partial charge in [-0.2, -0.15) is 0 Å². The van der Waals surface area contributed by atoms with Crippen molar-refractivity contribution >= 4 is 23.5 Å². The molecule has 0 aromatic carbocycles. The Morgan fingerprint density at radius 1 is 1.29 bits per heavy atom. The molecule has 2 aliphatic heterocycles. The van der Waals surface area contributed by atoms with Crippen molar-refractivity contribution in [3.8, 4) is 0 Å². The zero-order valence-corrected chi connectivity index (χ0v) is 17.7. The summed E-state index contributed by atoms with van der Waals surface area (Å²) in [6.07, 6.45) is 2.62. The minimum atomic E-state index is -0.521. The Balaban J connectivity index is 1.75. The molecule has 3 heterocycles. The molecular weight excluding hydrogens is 384 g/mol. The summed E-state index contributed by atoms with van der Waals surface area (Å²) in [5, 5.41) is 0.294. The van der Waals surface area contributed by atoms with Gasteiger partial charge in [0.05, 0.1) is 19.3 Å². The number of rotatable bonds is 2. The molecule has 3 rings (SSSR count). The maximum absolute atomic E-state index is 13.1. The SMILES string of the molecule is C[C@@H]1COCCN1c1nc(Cl)cn(C2CCN(C(=O)OC(C)(C)C)CC2)c1=O. The molecule has 8 nitrogen and oxygen atoms in total. The molecule has 0 radical (unpaired) electrons. The highest BCUT2D eigenvalue weighted by Gasteiger charge is 2.30. The van der Waals surface area contributed by atoms with Crippen molar-refractivity contribution in [2.24, 2.45) is 0 Å². The van der Waals surface area contributed by atoms with Crippen LogP contribution < -0.4 is 10.5 Å². The lowest BCUT2D eigenvalue weighted by Gasteiger charge is -2.36. The molecule has 1 atom stereocenters. The highest BCUT2D eigenvalue weighted by Crippen LogP contribution is 2.25. The summed E-state index contributed by atoms with van der Waals surface area (Å²) in [5.74, 6) is 0.373. The van der Waals surface area contributed by atoms with E-state index in [-0.39, 0.29) is 23.7 Å². The van der Waals surface area contributed by atoms with Gasteiger partial charge in [0.1, 0.15) is 10.8 Å². The number of anilines is 1. The lowest BCUT2D eigenvalue weighted by molar-refractivity contribution is 0.0187. The summed E-state index contributed by atoms with van der Waals surface area (Å²) in [7, 11) is 0. The van der Waals surface area contributed by atoms with E-state index in [1.165, 1.54) is 0 Å². The number of morpholine rings is 1. The Morgan fingerprint density at radius 2 is 1.96 bits per heavy atom. The van der Waals surface area contributed by atoms with Crippen LogP contribution >= 0.6 is 11.6 Å². The maximum atomic E-state index is 13.1. The highest BCUT2D eigenvalue weighted by atomic mass is 35.5. The quantitative estimate of drug-likeness (QED) is 0.743. The van der Waals surface area contributed by atoms with E-state index in [9.17, 15) is 9.59 Å². The molecule has 0 unspecified atom stereocenters. The van der Waals surface area contributed by atoms with Crippen LogP contribution in [0.2, 0.25) is 5.15 Å². The van der Waals surface area contributed by atoms with Crippen molar-refractivity contribution < 1.29 is 14.3 Å². The molecule has 1 amide bonds. The molecule has 1 aromatic rings. The normalized spacial score (nSPS) is 21.7. The van der Waals surface area contributed by atoms with Crippen LogP contribution in [0, 0.1) is 0 Å². The van der Waals surface area contributed by atoms with E-state index in [0.717, 1.165) is 0 Å². The van der Waals surface area contributed by atoms with Gasteiger partial charge >= 0.3 is 6.09 Å². The molecule has 0 N–H and O–H groups in total. The molecule has 2 aliphatic rings. The predicted octanol–water partition coefficient (Wildman–Crippen LogP) is 2.69. The van der Waals surface area contributed by atoms with Crippen LogP contribution in [-0.4, -0.2) is 65.0 Å². The number of piperidine rings is 1. The fourth-order valence-electron chi connectivity index (χ4n) is 3.62. The lowest BCUT2D eigenvalue weighted by atomic mass is 10.1. The van der Waals surface area contributed by atoms with Gasteiger partial charge in [-0.15, -0.1) is 0 Å². The van der Waals surface area contributed by atoms with Crippen molar-refractivity contribution in [2.45, 2.75) is 58.2 Å². The van der Waals surface area contributed by atoms with Crippen LogP contribution in [0.5, 0.6) is 0 Å². The molecular formula is C19H29ClN4O4. The van der Waals surface area contributed by atoms with Crippen molar-refractivity contribution in [2.75, 3.05) is 37.7 Å². The van der Waals surface area contributed by atoms with Gasteiger partial charge < -0.3 is 23.8 Å². The van der Waals surface area contributed by atoms with E-state index < -0.39 is 5.60 Å². The van der Waals surface area contributed by atoms with E-state index in [4.69, 9.17) is 21.1 Å². The lowest BCUT2D eigenvalue weighted by Crippen LogP contribution is -2.48. The van der Waals surface area contributed by atoms with Gasteiger partial charge in [0.15, 0.2) is 5.82 Å². The summed E-state index contributed by atoms with van der Waals surface area (Å²) in [4.78, 5) is 33.3. The molecule has 0 spiro atoms. The largest absolute Gasteiger partial charge is 0.444 e. The average Bonchev–Trinajstić information content (AvgIpc) is 2.63. The number of carbonyl (C=O) groups is 1. The number of likely N-dealkylation sites (tertiary alicyclic amines) is 1. The Morgan fingerprint density at radius 3 is 2.57 bits per heavy atom. The topological polar surface area (TPSA) is 76.9 Å². The van der Waals surface area contributed by atoms with Gasteiger partial charge in [-0.25, -0.2) is 9.78 Å². The maximum Gasteiger partial charge on any atom is 0.410 e. The Labute approximate surface area is 170 Å². The Kier molecular flexibility index (Phi) is 6.19. The number of hydrogen-bond donors (Lipinski definition) is 0. The van der Waals surface area contributed by atoms with E-state index in [0.29, 0.717) is 56.7 Å². The van der Waals surface area contributed by atoms with Crippen molar-refractivity contribution in [1.82, 2.24) is 14.5 Å². The second kappa shape index (κ2) is 8.29. The molecule has 0 aliphatic carbocycles. The molecule has 2 saturated heterocycles. The van der Waals surface area contributed by atoms with Crippen LogP contribution in [0.25, 0.3) is 0 Å². The first-order chi connectivity index (χ1) is 13.2. The predicted molar refractivity (Wildman–Crippen MR) is 107 cm³/mol. The fraction of sp³-hybridized carbons (Fsp3) is 0.737. The first-order valence-corrected chi connectivity index (χ1v) is 10.1. The van der Waals surface area contributed by atoms with Crippen LogP contribution in [0.15, 0.2) is 11.0 Å². The molecule has 0 bridgehead atoms. The highest BCUT2D eigenvalue weighted by molar-refractivity contribution is 6.29. The molecule has 0 saturated carbocycles. The molecule has 9 heteroatoms. The molecule has 28 heavy (non-hydrogen) atoms. The third-order valence-corrected chi connectivity index (χ3v) is 5.22. The van der Waals surface area contributed by atoms with Gasteiger partial charge in [0.2, 0.25) is 0 Å². The second-order valence-corrected chi connectivity index (χ2v) is 8.80. The summed E-state index contributed by atoms with van der Waals surface area (Å²) in [5.41, 5.74) is -0.665. The van der Waals surface area contributed by atoms with Gasteiger partial charge in [-0.1, -0.05) is 11.6 Å². The van der Waals surface area contributed by atoms with E-state index in [1.54, 1.807) is 15.7 Å². The first kappa shape index (κ1) is 20.9. The minimum Gasteiger partial charge on any atom is -0.444 e. The number of aromatic nitrogens is 2. The van der Waals surface area contributed by atoms with Gasteiger partial charge in [0.25, 0.3) is 5.56 Å². The number of amides is 1. The Hall–Kier alpha value is -1.80. The molecule has 1 aromatic heterocycles. The van der Waals surface area contributed by atoms with Crippen molar-refractivity contribution in [3.63, 3.8) is 0 Å². The van der Waals surface area contributed by atoms with E-state index >= 15 is 0 Å². The van der Waals surface area contributed by atoms with Crippen LogP contribution in [0.1, 0.15) is 46.6 Å². The monoisotopic (exact) mass is 412 g/mol. The Bertz CT molecular complexity index is 768.